The summed E-state index contributed by atoms with van der Waals surface area (Å²) in [4.78, 5) is 5.17. The highest BCUT2D eigenvalue weighted by Gasteiger charge is 2.41. The quantitative estimate of drug-likeness (QED) is 0.850. The van der Waals surface area contributed by atoms with E-state index >= 15 is 0 Å². The first-order chi connectivity index (χ1) is 11.6. The fraction of sp³-hybridized carbons (Fsp3) is 0.294. The highest BCUT2D eigenvalue weighted by Crippen LogP contribution is 2.45. The van der Waals surface area contributed by atoms with E-state index in [1.54, 1.807) is 13.8 Å². The van der Waals surface area contributed by atoms with Crippen molar-refractivity contribution in [2.45, 2.75) is 26.1 Å². The molecule has 0 spiro atoms. The second-order valence-corrected chi connectivity index (χ2v) is 5.94. The first-order valence-electron chi connectivity index (χ1n) is 7.54. The summed E-state index contributed by atoms with van der Waals surface area (Å²) in [7, 11) is 1.32. The van der Waals surface area contributed by atoms with Gasteiger partial charge in [-0.15, -0.1) is 5.23 Å². The number of hydrogen-bond donors (Lipinski definition) is 2. The molecule has 5 nitrogen and oxygen atoms in total. The van der Waals surface area contributed by atoms with E-state index in [0.29, 0.717) is 27.6 Å². The van der Waals surface area contributed by atoms with Gasteiger partial charge in [0.15, 0.2) is 0 Å². The number of aryl methyl sites for hydroxylation is 1. The maximum Gasteiger partial charge on any atom is 0.432 e. The second-order valence-electron chi connectivity index (χ2n) is 5.94. The maximum absolute atomic E-state index is 13.7. The molecule has 1 aliphatic heterocycles. The van der Waals surface area contributed by atoms with Crippen molar-refractivity contribution in [3.05, 3.63) is 47.4 Å². The molecule has 2 aromatic rings. The minimum Gasteiger partial charge on any atom is -0.508 e. The van der Waals surface area contributed by atoms with E-state index in [9.17, 15) is 23.5 Å². The van der Waals surface area contributed by atoms with Crippen molar-refractivity contribution in [1.29, 1.82) is 0 Å². The zero-order valence-electron chi connectivity index (χ0n) is 13.8. The first kappa shape index (κ1) is 17.4. The minimum absolute atomic E-state index is 0.0184. The topological polar surface area (TPSA) is 57.9 Å². The molecule has 1 aliphatic rings. The fourth-order valence-corrected chi connectivity index (χ4v) is 3.19. The molecule has 1 aromatic heterocycles. The van der Waals surface area contributed by atoms with Gasteiger partial charge >= 0.3 is 6.18 Å². The SMILES string of the molecule is CC1=C(c2cn(C)c(C(F)(F)F)c2-c2ccc(O)cc2)C(C)ON1O. The Labute approximate surface area is 142 Å². The Bertz CT molecular complexity index is 838. The van der Waals surface area contributed by atoms with Crippen molar-refractivity contribution in [3.63, 3.8) is 0 Å². The summed E-state index contributed by atoms with van der Waals surface area (Å²) >= 11 is 0. The van der Waals surface area contributed by atoms with Crippen LogP contribution in [0.1, 0.15) is 25.1 Å². The molecular formula is C17H17F3N2O3. The molecule has 0 bridgehead atoms. The number of phenols is 1. The normalized spacial score (nSPS) is 18.4. The van der Waals surface area contributed by atoms with Crippen LogP contribution >= 0.6 is 0 Å². The molecule has 2 N–H and O–H groups in total. The molecular weight excluding hydrogens is 337 g/mol. The molecule has 0 aliphatic carbocycles. The third kappa shape index (κ3) is 2.87. The van der Waals surface area contributed by atoms with Crippen molar-refractivity contribution in [2.75, 3.05) is 0 Å². The van der Waals surface area contributed by atoms with Crippen molar-refractivity contribution in [2.24, 2.45) is 7.05 Å². The van der Waals surface area contributed by atoms with Gasteiger partial charge in [0.05, 0.1) is 5.70 Å². The van der Waals surface area contributed by atoms with Crippen molar-refractivity contribution in [3.8, 4) is 16.9 Å². The van der Waals surface area contributed by atoms with Crippen LogP contribution in [0.15, 0.2) is 36.2 Å². The average molecular weight is 354 g/mol. The van der Waals surface area contributed by atoms with Crippen LogP contribution in [-0.4, -0.2) is 26.2 Å². The number of allylic oxidation sites excluding steroid dienone is 1. The van der Waals surface area contributed by atoms with Gasteiger partial charge in [0.2, 0.25) is 0 Å². The Hall–Kier alpha value is -2.45. The molecule has 134 valence electrons. The van der Waals surface area contributed by atoms with Crippen LogP contribution in [0.2, 0.25) is 0 Å². The van der Waals surface area contributed by atoms with Crippen LogP contribution in [0.3, 0.4) is 0 Å². The van der Waals surface area contributed by atoms with Crippen LogP contribution in [0.25, 0.3) is 16.7 Å². The number of aromatic hydroxyl groups is 1. The Kier molecular flexibility index (Phi) is 4.04. The second kappa shape index (κ2) is 5.82. The van der Waals surface area contributed by atoms with E-state index in [4.69, 9.17) is 4.84 Å². The molecule has 0 fully saturated rings. The molecule has 0 saturated heterocycles. The molecule has 0 amide bonds. The summed E-state index contributed by atoms with van der Waals surface area (Å²) in [5, 5.41) is 19.7. The lowest BCUT2D eigenvalue weighted by Crippen LogP contribution is -2.14. The Morgan fingerprint density at radius 1 is 1.16 bits per heavy atom. The van der Waals surface area contributed by atoms with Gasteiger partial charge in [-0.05, 0) is 31.5 Å². The number of halogens is 3. The van der Waals surface area contributed by atoms with Gasteiger partial charge in [0.1, 0.15) is 17.5 Å². The smallest absolute Gasteiger partial charge is 0.432 e. The summed E-state index contributed by atoms with van der Waals surface area (Å²) < 4.78 is 42.0. The molecule has 0 saturated carbocycles. The third-order valence-corrected chi connectivity index (χ3v) is 4.24. The number of phenolic OH excluding ortho intramolecular Hbond substituents is 1. The lowest BCUT2D eigenvalue weighted by Gasteiger charge is -2.14. The summed E-state index contributed by atoms with van der Waals surface area (Å²) in [6.07, 6.45) is -3.80. The number of benzene rings is 1. The summed E-state index contributed by atoms with van der Waals surface area (Å²) in [5.41, 5.74) is 0.599. The predicted molar refractivity (Wildman–Crippen MR) is 84.3 cm³/mol. The van der Waals surface area contributed by atoms with Gasteiger partial charge in [0, 0.05) is 29.9 Å². The van der Waals surface area contributed by atoms with Gasteiger partial charge in [-0.2, -0.15) is 13.2 Å². The zero-order valence-corrected chi connectivity index (χ0v) is 13.8. The van der Waals surface area contributed by atoms with Gasteiger partial charge in [-0.1, -0.05) is 12.1 Å². The van der Waals surface area contributed by atoms with Gasteiger partial charge in [-0.3, -0.25) is 5.21 Å². The Morgan fingerprint density at radius 3 is 2.24 bits per heavy atom. The predicted octanol–water partition coefficient (Wildman–Crippen LogP) is 4.17. The van der Waals surface area contributed by atoms with Crippen LogP contribution in [0.5, 0.6) is 5.75 Å². The molecule has 3 rings (SSSR count). The monoisotopic (exact) mass is 354 g/mol. The molecule has 25 heavy (non-hydrogen) atoms. The number of alkyl halides is 3. The number of nitrogens with zero attached hydrogens (tertiary/aromatic N) is 2. The van der Waals surface area contributed by atoms with E-state index in [-0.39, 0.29) is 11.3 Å². The van der Waals surface area contributed by atoms with Crippen LogP contribution in [-0.2, 0) is 18.1 Å². The van der Waals surface area contributed by atoms with E-state index in [2.05, 4.69) is 0 Å². The Balaban J connectivity index is 2.32. The van der Waals surface area contributed by atoms with Crippen LogP contribution in [0.4, 0.5) is 13.2 Å². The van der Waals surface area contributed by atoms with E-state index < -0.39 is 18.0 Å². The molecule has 1 aromatic carbocycles. The number of hydroxylamine groups is 2. The number of hydrogen-bond acceptors (Lipinski definition) is 4. The van der Waals surface area contributed by atoms with E-state index in [1.165, 1.54) is 37.5 Å². The number of aromatic nitrogens is 1. The maximum atomic E-state index is 13.7. The lowest BCUT2D eigenvalue weighted by molar-refractivity contribution is -0.311. The van der Waals surface area contributed by atoms with Gasteiger partial charge in [0.25, 0.3) is 0 Å². The lowest BCUT2D eigenvalue weighted by atomic mass is 9.93. The zero-order chi connectivity index (χ0) is 18.5. The molecule has 1 unspecified atom stereocenters. The fourth-order valence-electron chi connectivity index (χ4n) is 3.19. The van der Waals surface area contributed by atoms with Crippen LogP contribution in [0, 0.1) is 0 Å². The van der Waals surface area contributed by atoms with Crippen LogP contribution < -0.4 is 0 Å². The van der Waals surface area contributed by atoms with E-state index in [0.717, 1.165) is 4.57 Å². The number of rotatable bonds is 2. The molecule has 8 heteroatoms. The third-order valence-electron chi connectivity index (χ3n) is 4.24. The minimum atomic E-state index is -4.57. The van der Waals surface area contributed by atoms with Gasteiger partial charge < -0.3 is 9.67 Å². The average Bonchev–Trinajstić information content (AvgIpc) is 2.96. The molecule has 0 radical (unpaired) electrons. The molecule has 2 heterocycles. The Morgan fingerprint density at radius 2 is 1.76 bits per heavy atom. The summed E-state index contributed by atoms with van der Waals surface area (Å²) in [6, 6.07) is 5.52. The molecule has 1 atom stereocenters. The van der Waals surface area contributed by atoms with Gasteiger partial charge in [-0.25, -0.2) is 4.84 Å². The highest BCUT2D eigenvalue weighted by atomic mass is 19.4. The summed E-state index contributed by atoms with van der Waals surface area (Å²) in [6.45, 7) is 3.22. The first-order valence-corrected chi connectivity index (χ1v) is 7.54. The van der Waals surface area contributed by atoms with E-state index in [1.807, 2.05) is 0 Å². The van der Waals surface area contributed by atoms with Crippen molar-refractivity contribution < 1.29 is 28.3 Å². The van der Waals surface area contributed by atoms with Crippen molar-refractivity contribution in [1.82, 2.24) is 9.79 Å². The highest BCUT2D eigenvalue weighted by molar-refractivity contribution is 5.86. The standard InChI is InChI=1S/C17H17F3N2O3/c1-9-14(10(2)25-22(9)24)13-8-21(3)16(17(18,19)20)15(13)11-4-6-12(23)7-5-11/h4-8,10,23-24H,1-3H3. The largest absolute Gasteiger partial charge is 0.508 e. The summed E-state index contributed by atoms with van der Waals surface area (Å²) in [5.74, 6) is -0.0377. The van der Waals surface area contributed by atoms with Crippen molar-refractivity contribution >= 4 is 5.57 Å².